The van der Waals surface area contributed by atoms with E-state index in [1.165, 1.54) is 82.0 Å². The molecule has 0 radical (unpaired) electrons. The minimum Gasteiger partial charge on any atom is -0.310 e. The lowest BCUT2D eigenvalue weighted by Gasteiger charge is -2.28. The van der Waals surface area contributed by atoms with E-state index >= 15 is 0 Å². The summed E-state index contributed by atoms with van der Waals surface area (Å²) in [4.78, 5) is 2.43. The van der Waals surface area contributed by atoms with Crippen molar-refractivity contribution in [3.05, 3.63) is 237 Å². The van der Waals surface area contributed by atoms with Crippen LogP contribution in [0.2, 0.25) is 0 Å². The van der Waals surface area contributed by atoms with Crippen molar-refractivity contribution in [2.24, 2.45) is 0 Å². The Morgan fingerprint density at radius 2 is 0.746 bits per heavy atom. The summed E-state index contributed by atoms with van der Waals surface area (Å²) in [6.07, 6.45) is 0. The number of benzene rings is 11. The van der Waals surface area contributed by atoms with Crippen LogP contribution in [-0.4, -0.2) is 0 Å². The van der Waals surface area contributed by atoms with Gasteiger partial charge in [-0.05, 0) is 136 Å². The van der Waals surface area contributed by atoms with Crippen LogP contribution in [-0.2, 0) is 0 Å². The first kappa shape index (κ1) is 34.5. The Hall–Kier alpha value is -7.74. The standard InChI is InChI=1S/C58H39N/c1-3-15-40(16-4-1)42-31-33-49(34-32-42)59(50-23-13-22-45(36-50)53-28-14-21-43-19-7-9-24-52(43)53)51-37-47(41-17-5-2-6-18-41)35-48(38-51)57-39-46-30-29-44-20-8-10-25-54(44)58(46)56-27-12-11-26-55(56)57/h1-39H. The second-order valence-electron chi connectivity index (χ2n) is 15.3. The molecule has 0 aliphatic rings. The second-order valence-corrected chi connectivity index (χ2v) is 15.3. The number of fused-ring (bicyclic) bond motifs is 6. The fraction of sp³-hybridized carbons (Fsp3) is 0. The highest BCUT2D eigenvalue weighted by Gasteiger charge is 2.19. The van der Waals surface area contributed by atoms with Crippen molar-refractivity contribution < 1.29 is 0 Å². The first-order valence-corrected chi connectivity index (χ1v) is 20.3. The highest BCUT2D eigenvalue weighted by atomic mass is 15.1. The van der Waals surface area contributed by atoms with E-state index in [-0.39, 0.29) is 0 Å². The lowest BCUT2D eigenvalue weighted by Crippen LogP contribution is -2.10. The van der Waals surface area contributed by atoms with Crippen LogP contribution in [0, 0.1) is 0 Å². The van der Waals surface area contributed by atoms with Gasteiger partial charge < -0.3 is 4.90 Å². The smallest absolute Gasteiger partial charge is 0.0473 e. The lowest BCUT2D eigenvalue weighted by molar-refractivity contribution is 1.28. The predicted octanol–water partition coefficient (Wildman–Crippen LogP) is 16.4. The van der Waals surface area contributed by atoms with Gasteiger partial charge in [0, 0.05) is 17.1 Å². The van der Waals surface area contributed by atoms with Crippen LogP contribution in [0.1, 0.15) is 0 Å². The zero-order valence-electron chi connectivity index (χ0n) is 32.5. The van der Waals surface area contributed by atoms with Crippen LogP contribution in [0.5, 0.6) is 0 Å². The van der Waals surface area contributed by atoms with Crippen LogP contribution in [0.3, 0.4) is 0 Å². The van der Waals surface area contributed by atoms with E-state index in [1.807, 2.05) is 0 Å². The van der Waals surface area contributed by atoms with Gasteiger partial charge in [-0.3, -0.25) is 0 Å². The summed E-state index contributed by atoms with van der Waals surface area (Å²) in [5.41, 5.74) is 12.8. The van der Waals surface area contributed by atoms with Crippen LogP contribution in [0.15, 0.2) is 237 Å². The van der Waals surface area contributed by atoms with E-state index in [4.69, 9.17) is 0 Å². The molecule has 0 atom stereocenters. The molecular weight excluding hydrogens is 711 g/mol. The van der Waals surface area contributed by atoms with Crippen molar-refractivity contribution in [1.29, 1.82) is 0 Å². The Morgan fingerprint density at radius 1 is 0.220 bits per heavy atom. The van der Waals surface area contributed by atoms with Crippen molar-refractivity contribution in [2.45, 2.75) is 0 Å². The molecule has 59 heavy (non-hydrogen) atoms. The Kier molecular flexibility index (Phi) is 8.56. The number of rotatable bonds is 7. The lowest BCUT2D eigenvalue weighted by atomic mass is 9.89. The third-order valence-electron chi connectivity index (χ3n) is 11.8. The maximum absolute atomic E-state index is 2.43. The van der Waals surface area contributed by atoms with Crippen molar-refractivity contribution in [2.75, 3.05) is 4.90 Å². The minimum absolute atomic E-state index is 1.09. The predicted molar refractivity (Wildman–Crippen MR) is 253 cm³/mol. The van der Waals surface area contributed by atoms with Crippen LogP contribution < -0.4 is 4.90 Å². The number of hydrogen-bond donors (Lipinski definition) is 0. The van der Waals surface area contributed by atoms with Crippen molar-refractivity contribution in [3.63, 3.8) is 0 Å². The Morgan fingerprint density at radius 3 is 1.51 bits per heavy atom. The Labute approximate surface area is 344 Å². The van der Waals surface area contributed by atoms with Gasteiger partial charge in [0.15, 0.2) is 0 Å². The largest absolute Gasteiger partial charge is 0.310 e. The summed E-state index contributed by atoms with van der Waals surface area (Å²) >= 11 is 0. The molecule has 0 N–H and O–H groups in total. The summed E-state index contributed by atoms with van der Waals surface area (Å²) in [7, 11) is 0. The highest BCUT2D eigenvalue weighted by Crippen LogP contribution is 2.44. The molecule has 0 amide bonds. The number of anilines is 3. The Balaban J connectivity index is 1.16. The topological polar surface area (TPSA) is 3.24 Å². The molecule has 0 aromatic heterocycles. The second kappa shape index (κ2) is 14.6. The average Bonchev–Trinajstić information content (AvgIpc) is 3.32. The van der Waals surface area contributed by atoms with Gasteiger partial charge in [-0.15, -0.1) is 0 Å². The molecule has 0 saturated heterocycles. The quantitative estimate of drug-likeness (QED) is 0.147. The van der Waals surface area contributed by atoms with Gasteiger partial charge in [0.2, 0.25) is 0 Å². The van der Waals surface area contributed by atoms with E-state index in [2.05, 4.69) is 241 Å². The molecule has 0 bridgehead atoms. The monoisotopic (exact) mass is 749 g/mol. The van der Waals surface area contributed by atoms with E-state index in [0.29, 0.717) is 0 Å². The molecule has 0 unspecified atom stereocenters. The molecule has 11 aromatic rings. The molecule has 0 aliphatic carbocycles. The van der Waals surface area contributed by atoms with Gasteiger partial charge >= 0.3 is 0 Å². The third-order valence-corrected chi connectivity index (χ3v) is 11.8. The zero-order chi connectivity index (χ0) is 39.1. The molecular formula is C58H39N. The van der Waals surface area contributed by atoms with Gasteiger partial charge in [-0.2, -0.15) is 0 Å². The zero-order valence-corrected chi connectivity index (χ0v) is 32.5. The molecule has 0 spiro atoms. The van der Waals surface area contributed by atoms with Gasteiger partial charge in [-0.1, -0.05) is 188 Å². The van der Waals surface area contributed by atoms with Crippen molar-refractivity contribution in [3.8, 4) is 44.5 Å². The summed E-state index contributed by atoms with van der Waals surface area (Å²) in [6, 6.07) is 86.4. The van der Waals surface area contributed by atoms with Crippen molar-refractivity contribution >= 4 is 60.2 Å². The molecule has 11 rings (SSSR count). The van der Waals surface area contributed by atoms with Crippen molar-refractivity contribution in [1.82, 2.24) is 0 Å². The van der Waals surface area contributed by atoms with Gasteiger partial charge in [0.05, 0.1) is 0 Å². The summed E-state index contributed by atoms with van der Waals surface area (Å²) in [6.45, 7) is 0. The fourth-order valence-corrected chi connectivity index (χ4v) is 8.98. The maximum atomic E-state index is 2.43. The van der Waals surface area contributed by atoms with Gasteiger partial charge in [-0.25, -0.2) is 0 Å². The molecule has 276 valence electrons. The van der Waals surface area contributed by atoms with Gasteiger partial charge in [0.1, 0.15) is 0 Å². The molecule has 0 aliphatic heterocycles. The maximum Gasteiger partial charge on any atom is 0.0473 e. The molecule has 0 saturated carbocycles. The normalized spacial score (nSPS) is 11.4. The molecule has 1 nitrogen and oxygen atoms in total. The first-order chi connectivity index (χ1) is 29.2. The van der Waals surface area contributed by atoms with Crippen LogP contribution in [0.4, 0.5) is 17.1 Å². The summed E-state index contributed by atoms with van der Waals surface area (Å²) < 4.78 is 0. The molecule has 0 fully saturated rings. The van der Waals surface area contributed by atoms with Crippen LogP contribution >= 0.6 is 0 Å². The van der Waals surface area contributed by atoms with Gasteiger partial charge in [0.25, 0.3) is 0 Å². The number of nitrogens with zero attached hydrogens (tertiary/aromatic N) is 1. The van der Waals surface area contributed by atoms with E-state index < -0.39 is 0 Å². The molecule has 0 heterocycles. The summed E-state index contributed by atoms with van der Waals surface area (Å²) in [5, 5.41) is 10.1. The van der Waals surface area contributed by atoms with E-state index in [0.717, 1.165) is 22.6 Å². The van der Waals surface area contributed by atoms with E-state index in [1.54, 1.807) is 0 Å². The third kappa shape index (κ3) is 6.30. The SMILES string of the molecule is c1ccc(-c2ccc(N(c3cccc(-c4cccc5ccccc45)c3)c3cc(-c4ccccc4)cc(-c4cc5ccc6ccccc6c5c5ccccc45)c3)cc2)cc1. The molecule has 11 aromatic carbocycles. The number of hydrogen-bond acceptors (Lipinski definition) is 1. The molecule has 1 heteroatoms. The van der Waals surface area contributed by atoms with E-state index in [9.17, 15) is 0 Å². The fourth-order valence-electron chi connectivity index (χ4n) is 8.98. The van der Waals surface area contributed by atoms with Crippen LogP contribution in [0.25, 0.3) is 87.6 Å². The average molecular weight is 750 g/mol. The Bertz CT molecular complexity index is 3310. The highest BCUT2D eigenvalue weighted by molar-refractivity contribution is 6.23. The first-order valence-electron chi connectivity index (χ1n) is 20.3. The summed E-state index contributed by atoms with van der Waals surface area (Å²) in [5.74, 6) is 0. The minimum atomic E-state index is 1.09.